The number of sulfonamides is 1. The van der Waals surface area contributed by atoms with Gasteiger partial charge < -0.3 is 4.74 Å². The Labute approximate surface area is 234 Å². The van der Waals surface area contributed by atoms with Gasteiger partial charge in [-0.2, -0.15) is 4.31 Å². The van der Waals surface area contributed by atoms with Crippen molar-refractivity contribution in [2.45, 2.75) is 39.1 Å². The summed E-state index contributed by atoms with van der Waals surface area (Å²) >= 11 is 1.39. The molecule has 0 atom stereocenters. The first-order chi connectivity index (χ1) is 18.6. The highest BCUT2D eigenvalue weighted by Gasteiger charge is 2.27. The minimum atomic E-state index is -3.70. The van der Waals surface area contributed by atoms with E-state index < -0.39 is 10.0 Å². The molecular formula is C29H34N4O4S2. The molecule has 0 N–H and O–H groups in total. The third kappa shape index (κ3) is 6.81. The number of fused-ring (bicyclic) bond motifs is 1. The number of aromatic nitrogens is 2. The summed E-state index contributed by atoms with van der Waals surface area (Å²) in [5.74, 6) is 0.807. The van der Waals surface area contributed by atoms with E-state index in [1.54, 1.807) is 36.5 Å². The summed E-state index contributed by atoms with van der Waals surface area (Å²) in [6, 6.07) is 15.5. The normalized spacial score (nSPS) is 12.0. The van der Waals surface area contributed by atoms with Gasteiger partial charge in [-0.25, -0.2) is 13.4 Å². The summed E-state index contributed by atoms with van der Waals surface area (Å²) in [7, 11) is -2.09. The minimum absolute atomic E-state index is 0.172. The molecule has 39 heavy (non-hydrogen) atoms. The molecule has 4 rings (SSSR count). The molecule has 4 aromatic rings. The maximum Gasteiger partial charge on any atom is 0.260 e. The van der Waals surface area contributed by atoms with E-state index >= 15 is 0 Å². The van der Waals surface area contributed by atoms with Gasteiger partial charge >= 0.3 is 0 Å². The second kappa shape index (κ2) is 12.2. The molecule has 8 nitrogen and oxygen atoms in total. The van der Waals surface area contributed by atoms with E-state index in [1.807, 2.05) is 58.0 Å². The standard InChI is InChI=1S/C29H34N4O4S2/c1-20(2)17-32(18-21(3)4)39(35,36)25-11-8-23(9-12-25)28(34)33(19-22-7-6-14-30-16-22)29-31-26-13-10-24(37-5)15-27(26)38-29/h6-16,20-21H,17-19H2,1-5H3. The van der Waals surface area contributed by atoms with Crippen molar-refractivity contribution in [1.29, 1.82) is 0 Å². The molecule has 0 radical (unpaired) electrons. The van der Waals surface area contributed by atoms with E-state index in [4.69, 9.17) is 9.72 Å². The Morgan fingerprint density at radius 3 is 2.28 bits per heavy atom. The van der Waals surface area contributed by atoms with Crippen LogP contribution in [0.5, 0.6) is 5.75 Å². The van der Waals surface area contributed by atoms with Crippen LogP contribution in [0.15, 0.2) is 71.9 Å². The highest BCUT2D eigenvalue weighted by atomic mass is 32.2. The van der Waals surface area contributed by atoms with E-state index in [9.17, 15) is 13.2 Å². The lowest BCUT2D eigenvalue weighted by molar-refractivity contribution is 0.0985. The fraction of sp³-hybridized carbons (Fsp3) is 0.345. The van der Waals surface area contributed by atoms with Crippen molar-refractivity contribution in [1.82, 2.24) is 14.3 Å². The van der Waals surface area contributed by atoms with Gasteiger partial charge in [0.05, 0.1) is 28.8 Å². The average Bonchev–Trinajstić information content (AvgIpc) is 3.34. The SMILES string of the molecule is COc1ccc2nc(N(Cc3cccnc3)C(=O)c3ccc(S(=O)(=O)N(CC(C)C)CC(C)C)cc3)sc2c1. The summed E-state index contributed by atoms with van der Waals surface area (Å²) in [5.41, 5.74) is 1.98. The number of benzene rings is 2. The predicted octanol–water partition coefficient (Wildman–Crippen LogP) is 5.85. The summed E-state index contributed by atoms with van der Waals surface area (Å²) in [6.07, 6.45) is 3.39. The molecule has 0 aliphatic rings. The van der Waals surface area contributed by atoms with E-state index in [2.05, 4.69) is 4.98 Å². The predicted molar refractivity (Wildman–Crippen MR) is 156 cm³/mol. The number of pyridine rings is 1. The van der Waals surface area contributed by atoms with E-state index in [1.165, 1.54) is 27.8 Å². The highest BCUT2D eigenvalue weighted by molar-refractivity contribution is 7.89. The summed E-state index contributed by atoms with van der Waals surface area (Å²) < 4.78 is 34.6. The van der Waals surface area contributed by atoms with Crippen molar-refractivity contribution < 1.29 is 17.9 Å². The number of amides is 1. The van der Waals surface area contributed by atoms with Crippen LogP contribution in [0.2, 0.25) is 0 Å². The number of carbonyl (C=O) groups excluding carboxylic acids is 1. The molecule has 206 valence electrons. The van der Waals surface area contributed by atoms with Crippen molar-refractivity contribution in [2.24, 2.45) is 11.8 Å². The van der Waals surface area contributed by atoms with Crippen molar-refractivity contribution in [3.8, 4) is 5.75 Å². The van der Waals surface area contributed by atoms with Gasteiger partial charge in [0.25, 0.3) is 5.91 Å². The van der Waals surface area contributed by atoms with Crippen molar-refractivity contribution in [2.75, 3.05) is 25.1 Å². The molecular weight excluding hydrogens is 532 g/mol. The number of thiazole rings is 1. The Morgan fingerprint density at radius 2 is 1.69 bits per heavy atom. The van der Waals surface area contributed by atoms with Crippen LogP contribution in [0.3, 0.4) is 0 Å². The zero-order valence-electron chi connectivity index (χ0n) is 22.9. The zero-order valence-corrected chi connectivity index (χ0v) is 24.5. The first kappa shape index (κ1) is 28.7. The number of hydrogen-bond acceptors (Lipinski definition) is 7. The quantitative estimate of drug-likeness (QED) is 0.226. The molecule has 10 heteroatoms. The molecule has 0 unspecified atom stereocenters. The highest BCUT2D eigenvalue weighted by Crippen LogP contribution is 2.33. The van der Waals surface area contributed by atoms with Gasteiger partial charge in [-0.05, 0) is 65.9 Å². The fourth-order valence-corrected chi connectivity index (χ4v) is 6.95. The Balaban J connectivity index is 1.67. The van der Waals surface area contributed by atoms with E-state index in [0.29, 0.717) is 29.5 Å². The van der Waals surface area contributed by atoms with Crippen molar-refractivity contribution in [3.05, 3.63) is 78.1 Å². The van der Waals surface area contributed by atoms with Crippen LogP contribution < -0.4 is 9.64 Å². The number of carbonyl (C=O) groups is 1. The summed E-state index contributed by atoms with van der Waals surface area (Å²) in [6.45, 7) is 9.13. The second-order valence-electron chi connectivity index (χ2n) is 10.2. The van der Waals surface area contributed by atoms with Crippen LogP contribution in [0.1, 0.15) is 43.6 Å². The molecule has 0 saturated heterocycles. The van der Waals surface area contributed by atoms with Crippen LogP contribution in [-0.4, -0.2) is 48.8 Å². The molecule has 1 amide bonds. The molecule has 2 aromatic carbocycles. The molecule has 0 fully saturated rings. The number of anilines is 1. The van der Waals surface area contributed by atoms with Crippen LogP contribution in [0.25, 0.3) is 10.2 Å². The summed E-state index contributed by atoms with van der Waals surface area (Å²) in [5, 5.41) is 0.531. The van der Waals surface area contributed by atoms with Crippen molar-refractivity contribution >= 4 is 42.6 Å². The van der Waals surface area contributed by atoms with Gasteiger partial charge in [-0.1, -0.05) is 45.1 Å². The van der Waals surface area contributed by atoms with Crippen LogP contribution in [0.4, 0.5) is 5.13 Å². The van der Waals surface area contributed by atoms with Gasteiger partial charge in [0.2, 0.25) is 10.0 Å². The minimum Gasteiger partial charge on any atom is -0.497 e. The Morgan fingerprint density at radius 1 is 1.00 bits per heavy atom. The Kier molecular flexibility index (Phi) is 8.99. The first-order valence-electron chi connectivity index (χ1n) is 12.8. The molecule has 0 saturated carbocycles. The first-order valence-corrected chi connectivity index (χ1v) is 15.1. The number of ether oxygens (including phenoxy) is 1. The fourth-order valence-electron chi connectivity index (χ4n) is 4.20. The van der Waals surface area contributed by atoms with Gasteiger partial charge in [-0.15, -0.1) is 0 Å². The Hall–Kier alpha value is -3.34. The number of hydrogen-bond donors (Lipinski definition) is 0. The molecule has 2 heterocycles. The second-order valence-corrected chi connectivity index (χ2v) is 13.2. The van der Waals surface area contributed by atoms with Gasteiger partial charge in [0.1, 0.15) is 5.75 Å². The summed E-state index contributed by atoms with van der Waals surface area (Å²) in [4.78, 5) is 24.5. The lowest BCUT2D eigenvalue weighted by Crippen LogP contribution is -2.37. The molecule has 0 spiro atoms. The maximum atomic E-state index is 13.8. The van der Waals surface area contributed by atoms with Gasteiger partial charge in [-0.3, -0.25) is 14.7 Å². The molecule has 0 bridgehead atoms. The topological polar surface area (TPSA) is 92.7 Å². The number of methoxy groups -OCH3 is 1. The third-order valence-corrected chi connectivity index (χ3v) is 8.89. The lowest BCUT2D eigenvalue weighted by atomic mass is 10.2. The smallest absolute Gasteiger partial charge is 0.260 e. The largest absolute Gasteiger partial charge is 0.497 e. The maximum absolute atomic E-state index is 13.8. The van der Waals surface area contributed by atoms with Crippen LogP contribution in [0, 0.1) is 11.8 Å². The average molecular weight is 567 g/mol. The van der Waals surface area contributed by atoms with Crippen LogP contribution in [-0.2, 0) is 16.6 Å². The molecule has 0 aliphatic carbocycles. The monoisotopic (exact) mass is 566 g/mol. The van der Waals surface area contributed by atoms with Crippen molar-refractivity contribution in [3.63, 3.8) is 0 Å². The van der Waals surface area contributed by atoms with Gasteiger partial charge in [0, 0.05) is 31.0 Å². The van der Waals surface area contributed by atoms with Crippen LogP contribution >= 0.6 is 11.3 Å². The van der Waals surface area contributed by atoms with Gasteiger partial charge in [0.15, 0.2) is 5.13 Å². The lowest BCUT2D eigenvalue weighted by Gasteiger charge is -2.26. The molecule has 2 aromatic heterocycles. The zero-order chi connectivity index (χ0) is 28.2. The molecule has 0 aliphatic heterocycles. The third-order valence-electron chi connectivity index (χ3n) is 6.00. The number of nitrogens with zero attached hydrogens (tertiary/aromatic N) is 4. The van der Waals surface area contributed by atoms with E-state index in [-0.39, 0.29) is 29.2 Å². The Bertz CT molecular complexity index is 1510. The number of rotatable bonds is 11. The van der Waals surface area contributed by atoms with E-state index in [0.717, 1.165) is 15.8 Å².